The Morgan fingerprint density at radius 3 is 2.81 bits per heavy atom. The van der Waals surface area contributed by atoms with E-state index in [0.29, 0.717) is 17.5 Å². The molecule has 7 heteroatoms. The van der Waals surface area contributed by atoms with Crippen molar-refractivity contribution in [1.82, 2.24) is 14.5 Å². The molecule has 27 heavy (non-hydrogen) atoms. The van der Waals surface area contributed by atoms with Crippen molar-refractivity contribution >= 4 is 34.1 Å². The lowest BCUT2D eigenvalue weighted by molar-refractivity contribution is 0.402. The first-order chi connectivity index (χ1) is 13.1. The van der Waals surface area contributed by atoms with Crippen molar-refractivity contribution in [2.75, 3.05) is 12.4 Å². The van der Waals surface area contributed by atoms with Crippen LogP contribution in [0.25, 0.3) is 10.9 Å². The molecule has 0 unspecified atom stereocenters. The average Bonchev–Trinajstić information content (AvgIpc) is 3.13. The summed E-state index contributed by atoms with van der Waals surface area (Å²) in [6.45, 7) is 0.531. The standard InChI is InChI=1S/C20H17ClN4O2/c1-27-18-12-25(11-13-5-3-2-4-6-13)20(24-19(18)26)23-17-10-14(21)9-16-15(17)7-8-22-16/h2-10,12,22H,11H2,1H3,(H,23,24,26). The second-order valence-corrected chi connectivity index (χ2v) is 6.51. The highest BCUT2D eigenvalue weighted by Crippen LogP contribution is 2.29. The summed E-state index contributed by atoms with van der Waals surface area (Å²) in [7, 11) is 1.46. The molecule has 2 N–H and O–H groups in total. The molecule has 6 nitrogen and oxygen atoms in total. The molecular formula is C20H17ClN4O2. The largest absolute Gasteiger partial charge is 0.490 e. The summed E-state index contributed by atoms with van der Waals surface area (Å²) in [4.78, 5) is 19.5. The first kappa shape index (κ1) is 17.2. The minimum Gasteiger partial charge on any atom is -0.490 e. The van der Waals surface area contributed by atoms with Crippen LogP contribution >= 0.6 is 11.6 Å². The molecule has 4 rings (SSSR count). The van der Waals surface area contributed by atoms with Gasteiger partial charge in [0.25, 0.3) is 0 Å². The minimum atomic E-state index is -0.434. The number of fused-ring (bicyclic) bond motifs is 1. The molecule has 0 atom stereocenters. The molecule has 4 aromatic rings. The Bertz CT molecular complexity index is 1150. The number of rotatable bonds is 5. The molecule has 0 aliphatic rings. The Morgan fingerprint density at radius 1 is 1.22 bits per heavy atom. The second kappa shape index (κ2) is 7.17. The van der Waals surface area contributed by atoms with Crippen molar-refractivity contribution in [3.05, 3.63) is 81.9 Å². The minimum absolute atomic E-state index is 0.189. The van der Waals surface area contributed by atoms with Crippen molar-refractivity contribution in [1.29, 1.82) is 0 Å². The van der Waals surface area contributed by atoms with E-state index >= 15 is 0 Å². The fraction of sp³-hybridized carbons (Fsp3) is 0.100. The van der Waals surface area contributed by atoms with Crippen molar-refractivity contribution in [3.63, 3.8) is 0 Å². The van der Waals surface area contributed by atoms with Crippen LogP contribution in [0.4, 0.5) is 11.6 Å². The molecule has 0 bridgehead atoms. The Balaban J connectivity index is 1.80. The van der Waals surface area contributed by atoms with Gasteiger partial charge in [-0.15, -0.1) is 0 Å². The zero-order valence-electron chi connectivity index (χ0n) is 14.6. The Hall–Kier alpha value is -3.25. The van der Waals surface area contributed by atoms with Crippen molar-refractivity contribution in [2.24, 2.45) is 0 Å². The van der Waals surface area contributed by atoms with Crippen molar-refractivity contribution in [2.45, 2.75) is 6.54 Å². The molecule has 0 amide bonds. The third-order valence-electron chi connectivity index (χ3n) is 4.26. The van der Waals surface area contributed by atoms with Gasteiger partial charge in [-0.25, -0.2) is 0 Å². The lowest BCUT2D eigenvalue weighted by Crippen LogP contribution is -2.18. The fourth-order valence-corrected chi connectivity index (χ4v) is 3.19. The van der Waals surface area contributed by atoms with Crippen LogP contribution < -0.4 is 15.6 Å². The number of nitrogens with one attached hydrogen (secondary N) is 2. The smallest absolute Gasteiger partial charge is 0.316 e. The van der Waals surface area contributed by atoms with Gasteiger partial charge in [0.2, 0.25) is 11.7 Å². The molecule has 0 aliphatic heterocycles. The van der Waals surface area contributed by atoms with E-state index < -0.39 is 5.56 Å². The number of benzene rings is 2. The number of anilines is 2. The molecule has 2 aromatic carbocycles. The maximum absolute atomic E-state index is 12.2. The van der Waals surface area contributed by atoms with Gasteiger partial charge in [0.05, 0.1) is 25.5 Å². The molecule has 0 saturated carbocycles. The Kier molecular flexibility index (Phi) is 4.56. The lowest BCUT2D eigenvalue weighted by atomic mass is 10.2. The first-order valence-electron chi connectivity index (χ1n) is 8.37. The monoisotopic (exact) mass is 380 g/mol. The van der Waals surface area contributed by atoms with Crippen LogP contribution in [0.5, 0.6) is 5.75 Å². The second-order valence-electron chi connectivity index (χ2n) is 6.07. The number of aromatic amines is 1. The van der Waals surface area contributed by atoms with E-state index in [2.05, 4.69) is 15.3 Å². The number of hydrogen-bond donors (Lipinski definition) is 2. The van der Waals surface area contributed by atoms with Crippen LogP contribution in [0.1, 0.15) is 5.56 Å². The summed E-state index contributed by atoms with van der Waals surface area (Å²) in [6, 6.07) is 15.5. The topological polar surface area (TPSA) is 71.9 Å². The SMILES string of the molecule is COc1cn(Cc2ccccc2)c(Nc2cc(Cl)cc3[nH]ccc23)nc1=O. The van der Waals surface area contributed by atoms with Gasteiger partial charge in [-0.2, -0.15) is 4.98 Å². The Labute approximate surface area is 160 Å². The van der Waals surface area contributed by atoms with E-state index in [4.69, 9.17) is 16.3 Å². The van der Waals surface area contributed by atoms with Gasteiger partial charge < -0.3 is 19.6 Å². The maximum Gasteiger partial charge on any atom is 0.316 e. The number of aromatic nitrogens is 3. The Morgan fingerprint density at radius 2 is 2.04 bits per heavy atom. The molecule has 136 valence electrons. The van der Waals surface area contributed by atoms with E-state index in [1.54, 1.807) is 12.3 Å². The number of H-pyrrole nitrogens is 1. The van der Waals surface area contributed by atoms with Crippen LogP contribution in [0.15, 0.2) is 65.7 Å². The molecule has 2 heterocycles. The predicted octanol–water partition coefficient (Wildman–Crippen LogP) is 4.18. The van der Waals surface area contributed by atoms with Crippen LogP contribution in [0.3, 0.4) is 0 Å². The molecule has 0 fully saturated rings. The molecule has 0 spiro atoms. The van der Waals surface area contributed by atoms with Gasteiger partial charge in [0, 0.05) is 22.1 Å². The van der Waals surface area contributed by atoms with Gasteiger partial charge in [-0.1, -0.05) is 41.9 Å². The molecule has 0 saturated heterocycles. The number of halogens is 1. The third-order valence-corrected chi connectivity index (χ3v) is 4.48. The van der Waals surface area contributed by atoms with Crippen LogP contribution in [0, 0.1) is 0 Å². The third kappa shape index (κ3) is 3.52. The maximum atomic E-state index is 12.2. The average molecular weight is 381 g/mol. The van der Waals surface area contributed by atoms with Crippen molar-refractivity contribution < 1.29 is 4.74 Å². The fourth-order valence-electron chi connectivity index (χ4n) is 2.97. The predicted molar refractivity (Wildman–Crippen MR) is 107 cm³/mol. The highest BCUT2D eigenvalue weighted by atomic mass is 35.5. The van der Waals surface area contributed by atoms with Crippen LogP contribution in [0.2, 0.25) is 5.02 Å². The normalized spacial score (nSPS) is 10.9. The molecule has 2 aromatic heterocycles. The number of hydrogen-bond acceptors (Lipinski definition) is 4. The van der Waals surface area contributed by atoms with E-state index in [0.717, 1.165) is 22.2 Å². The molecular weight excluding hydrogens is 364 g/mol. The highest BCUT2D eigenvalue weighted by molar-refractivity contribution is 6.31. The molecule has 0 aliphatic carbocycles. The van der Waals surface area contributed by atoms with Gasteiger partial charge in [0.1, 0.15) is 0 Å². The summed E-state index contributed by atoms with van der Waals surface area (Å²) in [5.74, 6) is 0.601. The number of nitrogens with zero attached hydrogens (tertiary/aromatic N) is 2. The van der Waals surface area contributed by atoms with E-state index in [9.17, 15) is 4.79 Å². The van der Waals surface area contributed by atoms with E-state index in [1.165, 1.54) is 7.11 Å². The summed E-state index contributed by atoms with van der Waals surface area (Å²) in [5, 5.41) is 4.78. The van der Waals surface area contributed by atoms with Gasteiger partial charge in [-0.05, 0) is 23.8 Å². The van der Waals surface area contributed by atoms with Gasteiger partial charge in [-0.3, -0.25) is 4.79 Å². The first-order valence-corrected chi connectivity index (χ1v) is 8.75. The summed E-state index contributed by atoms with van der Waals surface area (Å²) in [5.41, 5.74) is 2.30. The summed E-state index contributed by atoms with van der Waals surface area (Å²) < 4.78 is 7.00. The molecule has 0 radical (unpaired) electrons. The van der Waals surface area contributed by atoms with Crippen molar-refractivity contribution in [3.8, 4) is 5.75 Å². The quantitative estimate of drug-likeness (QED) is 0.545. The highest BCUT2D eigenvalue weighted by Gasteiger charge is 2.12. The van der Waals surface area contributed by atoms with Crippen LogP contribution in [-0.2, 0) is 6.54 Å². The summed E-state index contributed by atoms with van der Waals surface area (Å²) in [6.07, 6.45) is 3.49. The van der Waals surface area contributed by atoms with E-state index in [-0.39, 0.29) is 5.75 Å². The summed E-state index contributed by atoms with van der Waals surface area (Å²) >= 11 is 6.23. The van der Waals surface area contributed by atoms with E-state index in [1.807, 2.05) is 53.2 Å². The zero-order valence-corrected chi connectivity index (χ0v) is 15.3. The van der Waals surface area contributed by atoms with Crippen LogP contribution in [-0.4, -0.2) is 21.6 Å². The zero-order chi connectivity index (χ0) is 18.8. The van der Waals surface area contributed by atoms with Gasteiger partial charge in [0.15, 0.2) is 0 Å². The lowest BCUT2D eigenvalue weighted by Gasteiger charge is -2.16. The number of ether oxygens (including phenoxy) is 1. The number of methoxy groups -OCH3 is 1. The van der Waals surface area contributed by atoms with Gasteiger partial charge >= 0.3 is 5.56 Å².